The molecule has 2 aromatic heterocycles. The highest BCUT2D eigenvalue weighted by molar-refractivity contribution is 6.01. The van der Waals surface area contributed by atoms with Crippen molar-refractivity contribution in [2.24, 2.45) is 0 Å². The Morgan fingerprint density at radius 1 is 1.12 bits per heavy atom. The third-order valence-electron chi connectivity index (χ3n) is 9.10. The van der Waals surface area contributed by atoms with Gasteiger partial charge in [0.25, 0.3) is 0 Å². The van der Waals surface area contributed by atoms with Gasteiger partial charge in [0.2, 0.25) is 0 Å². The number of anilines is 1. The first kappa shape index (κ1) is 28.0. The number of aromatic hydroxyl groups is 1. The quantitative estimate of drug-likeness (QED) is 0.332. The molecular formula is C32H34F2N4O5. The fourth-order valence-corrected chi connectivity index (χ4v) is 7.12. The Morgan fingerprint density at radius 3 is 2.86 bits per heavy atom. The van der Waals surface area contributed by atoms with E-state index in [1.165, 1.54) is 12.1 Å². The summed E-state index contributed by atoms with van der Waals surface area (Å²) in [6.45, 7) is 5.54. The Kier molecular flexibility index (Phi) is 7.17. The summed E-state index contributed by atoms with van der Waals surface area (Å²) >= 11 is 0. The summed E-state index contributed by atoms with van der Waals surface area (Å²) in [5.41, 5.74) is 0.0997. The van der Waals surface area contributed by atoms with Gasteiger partial charge in [-0.25, -0.2) is 13.6 Å². The fraction of sp³-hybridized carbons (Fsp3) is 0.469. The van der Waals surface area contributed by atoms with Crippen molar-refractivity contribution in [2.45, 2.75) is 50.7 Å². The zero-order chi connectivity index (χ0) is 29.7. The first-order valence-corrected chi connectivity index (χ1v) is 15.0. The van der Waals surface area contributed by atoms with E-state index < -0.39 is 17.3 Å². The largest absolute Gasteiger partial charge is 0.508 e. The molecule has 0 amide bonds. The minimum absolute atomic E-state index is 0.0426. The van der Waals surface area contributed by atoms with Gasteiger partial charge in [0.05, 0.1) is 17.7 Å². The molecule has 11 heteroatoms. The first-order valence-electron chi connectivity index (χ1n) is 15.0. The van der Waals surface area contributed by atoms with Crippen molar-refractivity contribution in [1.29, 1.82) is 0 Å². The van der Waals surface area contributed by atoms with E-state index in [0.29, 0.717) is 78.9 Å². The van der Waals surface area contributed by atoms with Crippen molar-refractivity contribution < 1.29 is 27.8 Å². The standard InChI is InChI=1S/C32H34F2N4O5/c1-2-22-24(34)6-5-19-13-21(39)14-23(27(19)22)26-15-25-28(30(40)43-26)29(37-8-4-11-41-12-10-37)36-31(35-25)42-18-32-7-3-9-38(32)17-20(33)16-32/h5-6,13-15,20,39H,2-4,7-12,16-18H2,1H3/t20-,32+/m1/s1. The maximum atomic E-state index is 14.9. The maximum Gasteiger partial charge on any atom is 0.349 e. The maximum absolute atomic E-state index is 14.9. The number of hydrogen-bond donors (Lipinski definition) is 1. The lowest BCUT2D eigenvalue weighted by atomic mass is 9.95. The average molecular weight is 593 g/mol. The highest BCUT2D eigenvalue weighted by atomic mass is 19.1. The second kappa shape index (κ2) is 11.0. The van der Waals surface area contributed by atoms with Crippen LogP contribution in [0.4, 0.5) is 14.6 Å². The molecule has 0 radical (unpaired) electrons. The van der Waals surface area contributed by atoms with Gasteiger partial charge in [0.15, 0.2) is 5.82 Å². The molecule has 2 atom stereocenters. The third kappa shape index (κ3) is 4.98. The van der Waals surface area contributed by atoms with E-state index in [2.05, 4.69) is 9.88 Å². The molecule has 9 nitrogen and oxygen atoms in total. The second-order valence-corrected chi connectivity index (χ2v) is 11.8. The lowest BCUT2D eigenvalue weighted by Gasteiger charge is -2.31. The van der Waals surface area contributed by atoms with Crippen LogP contribution in [0.25, 0.3) is 33.0 Å². The Morgan fingerprint density at radius 2 is 2.00 bits per heavy atom. The summed E-state index contributed by atoms with van der Waals surface area (Å²) in [6, 6.07) is 7.70. The number of phenols is 1. The summed E-state index contributed by atoms with van der Waals surface area (Å²) < 4.78 is 47.0. The number of aryl methyl sites for hydroxylation is 1. The van der Waals surface area contributed by atoms with Gasteiger partial charge in [0.1, 0.15) is 35.5 Å². The predicted octanol–water partition coefficient (Wildman–Crippen LogP) is 4.99. The van der Waals surface area contributed by atoms with Gasteiger partial charge in [0, 0.05) is 44.3 Å². The highest BCUT2D eigenvalue weighted by Gasteiger charge is 2.49. The van der Waals surface area contributed by atoms with Gasteiger partial charge >= 0.3 is 11.6 Å². The molecule has 0 saturated carbocycles. The van der Waals surface area contributed by atoms with Crippen LogP contribution in [0, 0.1) is 5.82 Å². The van der Waals surface area contributed by atoms with Crippen LogP contribution < -0.4 is 15.3 Å². The molecule has 0 spiro atoms. The van der Waals surface area contributed by atoms with Crippen LogP contribution in [0.2, 0.25) is 0 Å². The number of aromatic nitrogens is 2. The van der Waals surface area contributed by atoms with Crippen molar-refractivity contribution in [3.05, 3.63) is 52.1 Å². The number of alkyl halides is 1. The first-order chi connectivity index (χ1) is 20.8. The van der Waals surface area contributed by atoms with E-state index in [-0.39, 0.29) is 35.3 Å². The summed E-state index contributed by atoms with van der Waals surface area (Å²) in [5, 5.41) is 11.9. The molecule has 4 aromatic rings. The van der Waals surface area contributed by atoms with E-state index in [9.17, 15) is 18.7 Å². The number of halogens is 2. The van der Waals surface area contributed by atoms with Crippen LogP contribution in [0.5, 0.6) is 11.8 Å². The van der Waals surface area contributed by atoms with Gasteiger partial charge in [-0.15, -0.1) is 0 Å². The van der Waals surface area contributed by atoms with Gasteiger partial charge in [-0.3, -0.25) is 4.90 Å². The molecule has 3 aliphatic rings. The highest BCUT2D eigenvalue weighted by Crippen LogP contribution is 2.41. The minimum atomic E-state index is -0.892. The van der Waals surface area contributed by atoms with Gasteiger partial charge < -0.3 is 23.9 Å². The van der Waals surface area contributed by atoms with Crippen molar-refractivity contribution in [2.75, 3.05) is 50.9 Å². The molecular weight excluding hydrogens is 558 g/mol. The topological polar surface area (TPSA) is 101 Å². The molecule has 0 bridgehead atoms. The number of phenolic OH excluding ortho intramolecular Hbond substituents is 1. The SMILES string of the molecule is CCc1c(F)ccc2cc(O)cc(-c3cc4nc(OC[C@@]56CCCN5C[C@H](F)C6)nc(N5CCCOCC5)c4c(=O)o3)c12. The molecule has 3 fully saturated rings. The minimum Gasteiger partial charge on any atom is -0.508 e. The van der Waals surface area contributed by atoms with E-state index in [1.54, 1.807) is 18.2 Å². The molecule has 5 heterocycles. The van der Waals surface area contributed by atoms with Gasteiger partial charge in [-0.2, -0.15) is 9.97 Å². The Balaban J connectivity index is 1.37. The van der Waals surface area contributed by atoms with Crippen molar-refractivity contribution in [3.63, 3.8) is 0 Å². The van der Waals surface area contributed by atoms with E-state index in [4.69, 9.17) is 18.9 Å². The van der Waals surface area contributed by atoms with Crippen LogP contribution in [-0.2, 0) is 11.2 Å². The Bertz CT molecular complexity index is 1760. The Labute approximate surface area is 247 Å². The zero-order valence-electron chi connectivity index (χ0n) is 24.1. The van der Waals surface area contributed by atoms with Crippen LogP contribution in [0.15, 0.2) is 39.5 Å². The Hall–Kier alpha value is -3.83. The van der Waals surface area contributed by atoms with Crippen molar-refractivity contribution in [3.8, 4) is 23.1 Å². The number of rotatable bonds is 6. The lowest BCUT2D eigenvalue weighted by Crippen LogP contribution is -2.43. The molecule has 0 unspecified atom stereocenters. The summed E-state index contributed by atoms with van der Waals surface area (Å²) in [7, 11) is 0. The van der Waals surface area contributed by atoms with Gasteiger partial charge in [-0.05, 0) is 66.8 Å². The number of fused-ring (bicyclic) bond motifs is 3. The fourth-order valence-electron chi connectivity index (χ4n) is 7.12. The molecule has 43 heavy (non-hydrogen) atoms. The monoisotopic (exact) mass is 592 g/mol. The molecule has 0 aliphatic carbocycles. The van der Waals surface area contributed by atoms with Crippen molar-refractivity contribution in [1.82, 2.24) is 14.9 Å². The summed E-state index contributed by atoms with van der Waals surface area (Å²) in [4.78, 5) is 27.2. The van der Waals surface area contributed by atoms with Crippen LogP contribution in [-0.4, -0.2) is 77.7 Å². The van der Waals surface area contributed by atoms with Crippen LogP contribution in [0.1, 0.15) is 38.2 Å². The lowest BCUT2D eigenvalue weighted by molar-refractivity contribution is 0.107. The summed E-state index contributed by atoms with van der Waals surface area (Å²) in [5.74, 6) is 0.114. The van der Waals surface area contributed by atoms with Gasteiger partial charge in [-0.1, -0.05) is 13.0 Å². The second-order valence-electron chi connectivity index (χ2n) is 11.8. The van der Waals surface area contributed by atoms with Crippen LogP contribution in [0.3, 0.4) is 0 Å². The number of nitrogens with zero attached hydrogens (tertiary/aromatic N) is 4. The van der Waals surface area contributed by atoms with E-state index >= 15 is 0 Å². The number of hydrogen-bond acceptors (Lipinski definition) is 9. The molecule has 3 aliphatic heterocycles. The molecule has 2 aromatic carbocycles. The van der Waals surface area contributed by atoms with Crippen LogP contribution >= 0.6 is 0 Å². The third-order valence-corrected chi connectivity index (χ3v) is 9.10. The average Bonchev–Trinajstić information content (AvgIpc) is 3.36. The number of benzene rings is 2. The summed E-state index contributed by atoms with van der Waals surface area (Å²) in [6.07, 6.45) is 2.49. The molecule has 3 saturated heterocycles. The smallest absolute Gasteiger partial charge is 0.349 e. The molecule has 7 rings (SSSR count). The molecule has 1 N–H and O–H groups in total. The molecule has 226 valence electrons. The predicted molar refractivity (Wildman–Crippen MR) is 158 cm³/mol. The van der Waals surface area contributed by atoms with E-state index in [0.717, 1.165) is 25.8 Å². The zero-order valence-corrected chi connectivity index (χ0v) is 24.1. The van der Waals surface area contributed by atoms with Crippen molar-refractivity contribution >= 4 is 27.5 Å². The van der Waals surface area contributed by atoms with E-state index in [1.807, 2.05) is 11.8 Å². The number of ether oxygens (including phenoxy) is 2. The normalized spacial score (nSPS) is 22.8.